The molecule has 0 spiro atoms. The lowest BCUT2D eigenvalue weighted by Crippen LogP contribution is -1.88. The molecule has 2 aromatic carbocycles. The molecule has 0 aliphatic heterocycles. The normalized spacial score (nSPS) is 10.3. The number of carbonyl (C=O) groups is 1. The molecule has 0 N–H and O–H groups in total. The summed E-state index contributed by atoms with van der Waals surface area (Å²) in [6.45, 7) is 2.04. The van der Waals surface area contributed by atoms with Gasteiger partial charge in [0.05, 0.1) is 0 Å². The number of halogens is 1. The van der Waals surface area contributed by atoms with E-state index in [4.69, 9.17) is 0 Å². The Labute approximate surface area is 110 Å². The van der Waals surface area contributed by atoms with Crippen LogP contribution in [0.15, 0.2) is 47.4 Å². The summed E-state index contributed by atoms with van der Waals surface area (Å²) in [4.78, 5) is 11.7. The van der Waals surface area contributed by atoms with Gasteiger partial charge in [0.25, 0.3) is 0 Å². The number of carbonyl (C=O) groups excluding carboxylic acids is 1. The molecule has 92 valence electrons. The molecule has 0 unspecified atom stereocenters. The van der Waals surface area contributed by atoms with Gasteiger partial charge in [0.1, 0.15) is 5.82 Å². The summed E-state index contributed by atoms with van der Waals surface area (Å²) in [5.41, 5.74) is 2.82. The number of hydrogen-bond donors (Lipinski definition) is 0. The Morgan fingerprint density at radius 1 is 1.22 bits per heavy atom. The fourth-order valence-electron chi connectivity index (χ4n) is 1.71. The third-order valence-corrected chi connectivity index (χ3v) is 3.74. The van der Waals surface area contributed by atoms with E-state index in [2.05, 4.69) is 6.07 Å². The van der Waals surface area contributed by atoms with Crippen LogP contribution in [0, 0.1) is 12.7 Å². The summed E-state index contributed by atoms with van der Waals surface area (Å²) in [7, 11) is 0. The zero-order valence-electron chi connectivity index (χ0n) is 10.0. The number of thioether (sulfide) groups is 1. The van der Waals surface area contributed by atoms with Crippen LogP contribution in [0.5, 0.6) is 0 Å². The smallest absolute Gasteiger partial charge is 0.151 e. The SMILES string of the molecule is Cc1cccc(CSc2ccc(F)cc2C=O)c1. The molecule has 0 atom stereocenters. The Morgan fingerprint density at radius 3 is 2.78 bits per heavy atom. The summed E-state index contributed by atoms with van der Waals surface area (Å²) in [6.07, 6.45) is 0.696. The summed E-state index contributed by atoms with van der Waals surface area (Å²) in [5.74, 6) is 0.394. The van der Waals surface area contributed by atoms with Crippen molar-refractivity contribution in [3.8, 4) is 0 Å². The minimum atomic E-state index is -0.378. The van der Waals surface area contributed by atoms with Gasteiger partial charge in [-0.05, 0) is 30.7 Å². The highest BCUT2D eigenvalue weighted by Gasteiger charge is 2.04. The van der Waals surface area contributed by atoms with Gasteiger partial charge in [0.15, 0.2) is 6.29 Å². The Balaban J connectivity index is 2.13. The first-order valence-corrected chi connectivity index (χ1v) is 6.60. The maximum absolute atomic E-state index is 13.0. The fraction of sp³-hybridized carbons (Fsp3) is 0.133. The third kappa shape index (κ3) is 3.20. The second-order valence-corrected chi connectivity index (χ2v) is 5.09. The highest BCUT2D eigenvalue weighted by molar-refractivity contribution is 7.98. The van der Waals surface area contributed by atoms with E-state index in [0.717, 1.165) is 10.6 Å². The van der Waals surface area contributed by atoms with Crippen LogP contribution in [0.4, 0.5) is 4.39 Å². The molecule has 18 heavy (non-hydrogen) atoms. The molecule has 2 aromatic rings. The zero-order valence-corrected chi connectivity index (χ0v) is 10.8. The number of hydrogen-bond acceptors (Lipinski definition) is 2. The van der Waals surface area contributed by atoms with E-state index in [9.17, 15) is 9.18 Å². The van der Waals surface area contributed by atoms with E-state index >= 15 is 0 Å². The largest absolute Gasteiger partial charge is 0.298 e. The zero-order chi connectivity index (χ0) is 13.0. The lowest BCUT2D eigenvalue weighted by molar-refractivity contribution is 0.112. The first kappa shape index (κ1) is 12.8. The summed E-state index contributed by atoms with van der Waals surface area (Å²) < 4.78 is 13.0. The Morgan fingerprint density at radius 2 is 2.06 bits per heavy atom. The first-order chi connectivity index (χ1) is 8.69. The van der Waals surface area contributed by atoms with E-state index in [0.29, 0.717) is 11.8 Å². The van der Waals surface area contributed by atoms with Gasteiger partial charge in [-0.15, -0.1) is 11.8 Å². The third-order valence-electron chi connectivity index (χ3n) is 2.58. The van der Waals surface area contributed by atoms with Crippen molar-refractivity contribution >= 4 is 18.0 Å². The van der Waals surface area contributed by atoms with Gasteiger partial charge in [0, 0.05) is 16.2 Å². The second-order valence-electron chi connectivity index (χ2n) is 4.08. The first-order valence-electron chi connectivity index (χ1n) is 5.62. The van der Waals surface area contributed by atoms with Gasteiger partial charge in [-0.25, -0.2) is 4.39 Å². The lowest BCUT2D eigenvalue weighted by atomic mass is 10.2. The second kappa shape index (κ2) is 5.83. The van der Waals surface area contributed by atoms with Crippen molar-refractivity contribution < 1.29 is 9.18 Å². The molecule has 0 aromatic heterocycles. The van der Waals surface area contributed by atoms with E-state index in [1.54, 1.807) is 17.8 Å². The maximum Gasteiger partial charge on any atom is 0.151 e. The molecule has 0 aliphatic carbocycles. The van der Waals surface area contributed by atoms with Crippen molar-refractivity contribution in [1.82, 2.24) is 0 Å². The molecule has 2 rings (SSSR count). The lowest BCUT2D eigenvalue weighted by Gasteiger charge is -2.05. The van der Waals surface area contributed by atoms with Gasteiger partial charge in [-0.1, -0.05) is 29.8 Å². The number of rotatable bonds is 4. The predicted octanol–water partition coefficient (Wildman–Crippen LogP) is 4.24. The molecule has 0 bridgehead atoms. The average Bonchev–Trinajstić information content (AvgIpc) is 2.37. The average molecular weight is 260 g/mol. The predicted molar refractivity (Wildman–Crippen MR) is 72.5 cm³/mol. The minimum Gasteiger partial charge on any atom is -0.298 e. The van der Waals surface area contributed by atoms with Crippen molar-refractivity contribution in [1.29, 1.82) is 0 Å². The van der Waals surface area contributed by atoms with Gasteiger partial charge >= 0.3 is 0 Å². The molecule has 0 fully saturated rings. The van der Waals surface area contributed by atoms with Gasteiger partial charge in [-0.2, -0.15) is 0 Å². The Kier molecular flexibility index (Phi) is 4.15. The van der Waals surface area contributed by atoms with Crippen LogP contribution in [0.3, 0.4) is 0 Å². The molecule has 0 saturated carbocycles. The Hall–Kier alpha value is -1.61. The highest BCUT2D eigenvalue weighted by Crippen LogP contribution is 2.26. The van der Waals surface area contributed by atoms with Crippen molar-refractivity contribution in [3.05, 3.63) is 65.0 Å². The molecule has 0 radical (unpaired) electrons. The summed E-state index contributed by atoms with van der Waals surface area (Å²) in [6, 6.07) is 12.5. The number of aldehydes is 1. The molecule has 3 heteroatoms. The van der Waals surface area contributed by atoms with Gasteiger partial charge in [-0.3, -0.25) is 4.79 Å². The molecular weight excluding hydrogens is 247 g/mol. The molecule has 0 heterocycles. The van der Waals surface area contributed by atoms with Crippen LogP contribution < -0.4 is 0 Å². The monoisotopic (exact) mass is 260 g/mol. The number of benzene rings is 2. The van der Waals surface area contributed by atoms with E-state index < -0.39 is 0 Å². The van der Waals surface area contributed by atoms with E-state index in [1.807, 2.05) is 25.1 Å². The molecular formula is C15H13FOS. The van der Waals surface area contributed by atoms with Crippen LogP contribution in [-0.4, -0.2) is 6.29 Å². The molecule has 0 saturated heterocycles. The van der Waals surface area contributed by atoms with Gasteiger partial charge < -0.3 is 0 Å². The van der Waals surface area contributed by atoms with Crippen molar-refractivity contribution in [2.24, 2.45) is 0 Å². The van der Waals surface area contributed by atoms with Gasteiger partial charge in [0.2, 0.25) is 0 Å². The quantitative estimate of drug-likeness (QED) is 0.604. The number of aryl methyl sites for hydroxylation is 1. The Bertz CT molecular complexity index is 566. The summed E-state index contributed by atoms with van der Waals surface area (Å²) in [5, 5.41) is 0. The van der Waals surface area contributed by atoms with E-state index in [-0.39, 0.29) is 5.82 Å². The minimum absolute atomic E-state index is 0.378. The highest BCUT2D eigenvalue weighted by atomic mass is 32.2. The fourth-order valence-corrected chi connectivity index (χ4v) is 2.65. The van der Waals surface area contributed by atoms with Crippen molar-refractivity contribution in [2.45, 2.75) is 17.6 Å². The van der Waals surface area contributed by atoms with Crippen LogP contribution in [-0.2, 0) is 5.75 Å². The van der Waals surface area contributed by atoms with Crippen LogP contribution in [0.25, 0.3) is 0 Å². The topological polar surface area (TPSA) is 17.1 Å². The summed E-state index contributed by atoms with van der Waals surface area (Å²) >= 11 is 1.54. The molecule has 0 aliphatic rings. The van der Waals surface area contributed by atoms with E-state index in [1.165, 1.54) is 23.3 Å². The van der Waals surface area contributed by atoms with Crippen molar-refractivity contribution in [3.63, 3.8) is 0 Å². The molecule has 0 amide bonds. The van der Waals surface area contributed by atoms with Crippen LogP contribution >= 0.6 is 11.8 Å². The van der Waals surface area contributed by atoms with Crippen LogP contribution in [0.2, 0.25) is 0 Å². The maximum atomic E-state index is 13.0. The van der Waals surface area contributed by atoms with Crippen molar-refractivity contribution in [2.75, 3.05) is 0 Å². The van der Waals surface area contributed by atoms with Crippen LogP contribution in [0.1, 0.15) is 21.5 Å². The molecule has 1 nitrogen and oxygen atoms in total. The standard InChI is InChI=1S/C15H13FOS/c1-11-3-2-4-12(7-11)10-18-15-6-5-14(16)8-13(15)9-17/h2-9H,10H2,1H3.